The van der Waals surface area contributed by atoms with Gasteiger partial charge in [0.05, 0.1) is 11.4 Å². The number of hydrogen-bond donors (Lipinski definition) is 0. The van der Waals surface area contributed by atoms with Crippen LogP contribution in [-0.4, -0.2) is 9.97 Å². The standard InChI is InChI=1S/C64H40N2OS/c1-2-13-38(14-3-1)39-17-12-18-43(34-39)61-54-32-37-25-28-45-51-35-41-16-5-4-15-40(41)33-42(51)26-29-48(52(45)31-37)58-59(47-20-6-7-21-49(47)63-60(58)50-22-8-10-23-55(50)67-63)62(54)66-64(65-61)44-27-30-57-53(36-44)46-19-9-11-24-56(46)68-57/h1-25,27-28,30-31,33-36,48H,26,29,32H2. The Bertz CT molecular complexity index is 4250. The molecule has 2 aliphatic rings. The summed E-state index contributed by atoms with van der Waals surface area (Å²) in [5.41, 5.74) is 18.4. The first-order valence-corrected chi connectivity index (χ1v) is 24.5. The second kappa shape index (κ2) is 14.7. The molecule has 2 bridgehead atoms. The molecule has 0 N–H and O–H groups in total. The first-order valence-electron chi connectivity index (χ1n) is 23.7. The average Bonchev–Trinajstić information content (AvgIpc) is 3.94. The van der Waals surface area contributed by atoms with E-state index in [2.05, 4.69) is 200 Å². The molecule has 4 heteroatoms. The van der Waals surface area contributed by atoms with Crippen LogP contribution in [0.5, 0.6) is 0 Å². The number of benzene rings is 10. The van der Waals surface area contributed by atoms with Crippen LogP contribution in [0.15, 0.2) is 205 Å². The van der Waals surface area contributed by atoms with E-state index in [0.717, 1.165) is 79.6 Å². The van der Waals surface area contributed by atoms with Crippen molar-refractivity contribution in [2.75, 3.05) is 0 Å². The molecular weight excluding hydrogens is 845 g/mol. The Kier molecular flexibility index (Phi) is 8.19. The SMILES string of the molecule is c1ccc(-c2cccc(-c3nc(-c4ccc5sc6ccccc6c5c4)nc4c3Cc3ccc5c(c3)C(CCc3cc6ccccc6cc3-5)c3c-4c4ccccc4c4oc5ccccc5c34)c2)cc1. The topological polar surface area (TPSA) is 38.9 Å². The molecule has 3 heterocycles. The van der Waals surface area contributed by atoms with Crippen LogP contribution in [0.1, 0.15) is 40.2 Å². The van der Waals surface area contributed by atoms with Crippen LogP contribution in [-0.2, 0) is 12.8 Å². The van der Waals surface area contributed by atoms with Gasteiger partial charge in [0.15, 0.2) is 5.82 Å². The Morgan fingerprint density at radius 2 is 1.21 bits per heavy atom. The fourth-order valence-electron chi connectivity index (χ4n) is 11.8. The first-order chi connectivity index (χ1) is 33.7. The zero-order valence-electron chi connectivity index (χ0n) is 37.0. The normalized spacial score (nSPS) is 14.1. The van der Waals surface area contributed by atoms with Gasteiger partial charge in [-0.25, -0.2) is 9.97 Å². The zero-order valence-corrected chi connectivity index (χ0v) is 37.8. The van der Waals surface area contributed by atoms with E-state index in [-0.39, 0.29) is 5.92 Å². The van der Waals surface area contributed by atoms with Crippen molar-refractivity contribution in [1.29, 1.82) is 0 Å². The predicted molar refractivity (Wildman–Crippen MR) is 284 cm³/mol. The van der Waals surface area contributed by atoms with Crippen LogP contribution in [0.4, 0.5) is 0 Å². The maximum Gasteiger partial charge on any atom is 0.160 e. The van der Waals surface area contributed by atoms with Crippen molar-refractivity contribution < 1.29 is 4.42 Å². The summed E-state index contributed by atoms with van der Waals surface area (Å²) in [5, 5.41) is 9.60. The molecule has 0 fully saturated rings. The van der Waals surface area contributed by atoms with Gasteiger partial charge in [0, 0.05) is 70.9 Å². The molecule has 0 amide bonds. The maximum absolute atomic E-state index is 7.04. The molecule has 1 unspecified atom stereocenters. The average molecular weight is 885 g/mol. The summed E-state index contributed by atoms with van der Waals surface area (Å²) in [7, 11) is 0. The molecule has 3 nitrogen and oxygen atoms in total. The molecule has 0 saturated carbocycles. The highest BCUT2D eigenvalue weighted by Crippen LogP contribution is 2.54. The van der Waals surface area contributed by atoms with Crippen LogP contribution in [0.3, 0.4) is 0 Å². The highest BCUT2D eigenvalue weighted by atomic mass is 32.1. The van der Waals surface area contributed by atoms with E-state index >= 15 is 0 Å². The second-order valence-corrected chi connectivity index (χ2v) is 19.7. The Balaban J connectivity index is 1.10. The summed E-state index contributed by atoms with van der Waals surface area (Å²) in [6.45, 7) is 0. The number of furan rings is 1. The summed E-state index contributed by atoms with van der Waals surface area (Å²) in [5.74, 6) is 0.756. The predicted octanol–water partition coefficient (Wildman–Crippen LogP) is 17.4. The first kappa shape index (κ1) is 38.0. The maximum atomic E-state index is 7.04. The van der Waals surface area contributed by atoms with Gasteiger partial charge in [-0.15, -0.1) is 11.3 Å². The minimum Gasteiger partial charge on any atom is -0.455 e. The molecule has 0 spiro atoms. The number of aryl methyl sites for hydroxylation is 1. The van der Waals surface area contributed by atoms with E-state index < -0.39 is 0 Å². The van der Waals surface area contributed by atoms with Crippen LogP contribution in [0.2, 0.25) is 0 Å². The van der Waals surface area contributed by atoms with E-state index in [1.165, 1.54) is 80.8 Å². The monoisotopic (exact) mass is 884 g/mol. The minimum absolute atomic E-state index is 0.0336. The summed E-state index contributed by atoms with van der Waals surface area (Å²) in [6.07, 6.45) is 2.53. The van der Waals surface area contributed by atoms with Crippen molar-refractivity contribution in [3.63, 3.8) is 0 Å². The van der Waals surface area contributed by atoms with E-state index in [1.54, 1.807) is 0 Å². The lowest BCUT2D eigenvalue weighted by molar-refractivity contribution is 0.671. The quantitative estimate of drug-likeness (QED) is 0.177. The van der Waals surface area contributed by atoms with Gasteiger partial charge in [-0.3, -0.25) is 0 Å². The second-order valence-electron chi connectivity index (χ2n) is 18.7. The molecule has 2 aliphatic carbocycles. The molecule has 10 aromatic carbocycles. The van der Waals surface area contributed by atoms with E-state index in [1.807, 2.05) is 11.3 Å². The summed E-state index contributed by atoms with van der Waals surface area (Å²) in [4.78, 5) is 11.7. The van der Waals surface area contributed by atoms with Gasteiger partial charge in [-0.1, -0.05) is 158 Å². The van der Waals surface area contributed by atoms with Crippen LogP contribution >= 0.6 is 11.3 Å². The van der Waals surface area contributed by atoms with Crippen molar-refractivity contribution >= 4 is 75.0 Å². The third-order valence-corrected chi connectivity index (χ3v) is 16.0. The van der Waals surface area contributed by atoms with Crippen LogP contribution in [0, 0.1) is 0 Å². The van der Waals surface area contributed by atoms with Gasteiger partial charge < -0.3 is 4.42 Å². The molecule has 0 aliphatic heterocycles. The summed E-state index contributed by atoms with van der Waals surface area (Å²) in [6, 6.07) is 73.7. The summed E-state index contributed by atoms with van der Waals surface area (Å²) >= 11 is 1.84. The molecule has 0 radical (unpaired) electrons. The molecule has 68 heavy (non-hydrogen) atoms. The van der Waals surface area contributed by atoms with Gasteiger partial charge in [0.1, 0.15) is 11.2 Å². The smallest absolute Gasteiger partial charge is 0.160 e. The van der Waals surface area contributed by atoms with Gasteiger partial charge >= 0.3 is 0 Å². The molecule has 13 aromatic rings. The lowest BCUT2D eigenvalue weighted by Crippen LogP contribution is -2.08. The minimum atomic E-state index is 0.0336. The lowest BCUT2D eigenvalue weighted by Gasteiger charge is -2.25. The molecule has 0 saturated heterocycles. The van der Waals surface area contributed by atoms with Crippen molar-refractivity contribution in [3.05, 3.63) is 228 Å². The zero-order chi connectivity index (χ0) is 44.5. The fraction of sp³-hybridized carbons (Fsp3) is 0.0625. The fourth-order valence-corrected chi connectivity index (χ4v) is 12.9. The van der Waals surface area contributed by atoms with E-state index in [9.17, 15) is 0 Å². The van der Waals surface area contributed by atoms with Crippen LogP contribution in [0.25, 0.3) is 120 Å². The van der Waals surface area contributed by atoms with E-state index in [0.29, 0.717) is 6.42 Å². The molecule has 318 valence electrons. The molecule has 15 rings (SSSR count). The van der Waals surface area contributed by atoms with Crippen molar-refractivity contribution in [3.8, 4) is 56.2 Å². The summed E-state index contributed by atoms with van der Waals surface area (Å²) < 4.78 is 9.59. The highest BCUT2D eigenvalue weighted by molar-refractivity contribution is 7.25. The Morgan fingerprint density at radius 3 is 2.10 bits per heavy atom. The van der Waals surface area contributed by atoms with Gasteiger partial charge in [0.2, 0.25) is 0 Å². The largest absolute Gasteiger partial charge is 0.455 e. The van der Waals surface area contributed by atoms with Crippen molar-refractivity contribution in [2.45, 2.75) is 25.2 Å². The number of hydrogen-bond acceptors (Lipinski definition) is 4. The van der Waals surface area contributed by atoms with Crippen molar-refractivity contribution in [1.82, 2.24) is 9.97 Å². The Morgan fingerprint density at radius 1 is 0.485 bits per heavy atom. The van der Waals surface area contributed by atoms with Crippen molar-refractivity contribution in [2.24, 2.45) is 0 Å². The van der Waals surface area contributed by atoms with Gasteiger partial charge in [0.25, 0.3) is 0 Å². The third kappa shape index (κ3) is 5.71. The molecular formula is C64H40N2OS. The third-order valence-electron chi connectivity index (χ3n) is 14.9. The molecule has 1 atom stereocenters. The number of fused-ring (bicyclic) bond motifs is 18. The highest BCUT2D eigenvalue weighted by Gasteiger charge is 2.35. The number of rotatable bonds is 3. The lowest BCUT2D eigenvalue weighted by atomic mass is 9.78. The number of aromatic nitrogens is 2. The molecule has 3 aromatic heterocycles. The van der Waals surface area contributed by atoms with Crippen LogP contribution < -0.4 is 0 Å². The number of thiophene rings is 1. The Hall–Kier alpha value is -8.18. The van der Waals surface area contributed by atoms with Gasteiger partial charge in [-0.2, -0.15) is 0 Å². The Labute approximate surface area is 396 Å². The number of para-hydroxylation sites is 1. The number of nitrogens with zero attached hydrogens (tertiary/aromatic N) is 2. The van der Waals surface area contributed by atoms with E-state index in [4.69, 9.17) is 14.4 Å². The van der Waals surface area contributed by atoms with Gasteiger partial charge in [-0.05, 0) is 116 Å².